The molecule has 3 aromatic rings. The lowest BCUT2D eigenvalue weighted by Crippen LogP contribution is -2.31. The van der Waals surface area contributed by atoms with Crippen molar-refractivity contribution in [2.24, 2.45) is 0 Å². The zero-order chi connectivity index (χ0) is 19.9. The van der Waals surface area contributed by atoms with Gasteiger partial charge in [0, 0.05) is 5.69 Å². The summed E-state index contributed by atoms with van der Waals surface area (Å²) in [5.74, 6) is -0.00595. The molecule has 1 atom stereocenters. The topological polar surface area (TPSA) is 67.4 Å². The second-order valence-electron chi connectivity index (χ2n) is 6.43. The van der Waals surface area contributed by atoms with Gasteiger partial charge in [0.05, 0.1) is 11.3 Å². The Hall–Kier alpha value is -3.60. The van der Waals surface area contributed by atoms with E-state index < -0.39 is 6.10 Å². The maximum absolute atomic E-state index is 12.6. The first-order chi connectivity index (χ1) is 13.5. The fraction of sp³-hybridized carbons (Fsp3) is 0.130. The van der Waals surface area contributed by atoms with E-state index in [0.717, 1.165) is 5.56 Å². The molecule has 0 heterocycles. The fourth-order valence-electron chi connectivity index (χ4n) is 2.69. The van der Waals surface area contributed by atoms with Gasteiger partial charge in [0.15, 0.2) is 6.10 Å². The van der Waals surface area contributed by atoms with Crippen molar-refractivity contribution in [2.45, 2.75) is 20.0 Å². The third kappa shape index (κ3) is 4.98. The second-order valence-corrected chi connectivity index (χ2v) is 6.43. The van der Waals surface area contributed by atoms with Crippen LogP contribution in [0.25, 0.3) is 0 Å². The van der Waals surface area contributed by atoms with Gasteiger partial charge >= 0.3 is 0 Å². The fourth-order valence-corrected chi connectivity index (χ4v) is 2.69. The largest absolute Gasteiger partial charge is 0.481 e. The number of para-hydroxylation sites is 2. The highest BCUT2D eigenvalue weighted by molar-refractivity contribution is 6.10. The van der Waals surface area contributed by atoms with E-state index in [1.54, 1.807) is 49.4 Å². The van der Waals surface area contributed by atoms with Crippen LogP contribution in [-0.4, -0.2) is 17.9 Å². The van der Waals surface area contributed by atoms with Crippen molar-refractivity contribution in [2.75, 3.05) is 10.6 Å². The van der Waals surface area contributed by atoms with Crippen molar-refractivity contribution in [3.63, 3.8) is 0 Å². The Bertz CT molecular complexity index is 970. The highest BCUT2D eigenvalue weighted by atomic mass is 16.5. The van der Waals surface area contributed by atoms with Crippen LogP contribution in [0.3, 0.4) is 0 Å². The molecule has 28 heavy (non-hydrogen) atoms. The Labute approximate surface area is 164 Å². The molecule has 2 N–H and O–H groups in total. The van der Waals surface area contributed by atoms with Crippen LogP contribution in [0.2, 0.25) is 0 Å². The smallest absolute Gasteiger partial charge is 0.265 e. The van der Waals surface area contributed by atoms with Crippen LogP contribution in [-0.2, 0) is 4.79 Å². The quantitative estimate of drug-likeness (QED) is 0.660. The summed E-state index contributed by atoms with van der Waals surface area (Å²) >= 11 is 0. The lowest BCUT2D eigenvalue weighted by molar-refractivity contribution is -0.122. The Kier molecular flexibility index (Phi) is 6.07. The number of carbonyl (C=O) groups is 2. The van der Waals surface area contributed by atoms with Gasteiger partial charge in [-0.15, -0.1) is 0 Å². The van der Waals surface area contributed by atoms with Crippen molar-refractivity contribution in [1.82, 2.24) is 0 Å². The molecule has 0 radical (unpaired) electrons. The summed E-state index contributed by atoms with van der Waals surface area (Å²) < 4.78 is 5.71. The van der Waals surface area contributed by atoms with E-state index in [1.807, 2.05) is 43.3 Å². The monoisotopic (exact) mass is 374 g/mol. The summed E-state index contributed by atoms with van der Waals surface area (Å²) in [4.78, 5) is 25.2. The minimum Gasteiger partial charge on any atom is -0.481 e. The maximum atomic E-state index is 12.6. The molecule has 0 bridgehead atoms. The number of amides is 2. The van der Waals surface area contributed by atoms with Gasteiger partial charge in [-0.1, -0.05) is 42.5 Å². The number of hydrogen-bond donors (Lipinski definition) is 2. The van der Waals surface area contributed by atoms with Crippen LogP contribution in [0.15, 0.2) is 78.9 Å². The molecule has 0 aromatic heterocycles. The Morgan fingerprint density at radius 1 is 0.857 bits per heavy atom. The molecule has 0 saturated carbocycles. The van der Waals surface area contributed by atoms with Crippen molar-refractivity contribution in [3.8, 4) is 5.75 Å². The van der Waals surface area contributed by atoms with E-state index in [9.17, 15) is 9.59 Å². The first kappa shape index (κ1) is 19.2. The van der Waals surface area contributed by atoms with Crippen LogP contribution < -0.4 is 15.4 Å². The number of hydrogen-bond acceptors (Lipinski definition) is 3. The maximum Gasteiger partial charge on any atom is 0.265 e. The molecule has 0 saturated heterocycles. The number of rotatable bonds is 6. The van der Waals surface area contributed by atoms with Crippen LogP contribution in [0, 0.1) is 6.92 Å². The third-order valence-corrected chi connectivity index (χ3v) is 4.13. The SMILES string of the molecule is Cc1cccc(OC(C)C(=O)Nc2ccccc2C(=O)Nc2ccccc2)c1. The van der Waals surface area contributed by atoms with Crippen molar-refractivity contribution >= 4 is 23.2 Å². The Morgan fingerprint density at radius 3 is 2.32 bits per heavy atom. The number of nitrogens with one attached hydrogen (secondary N) is 2. The third-order valence-electron chi connectivity index (χ3n) is 4.13. The zero-order valence-corrected chi connectivity index (χ0v) is 15.8. The minimum atomic E-state index is -0.716. The predicted octanol–water partition coefficient (Wildman–Crippen LogP) is 4.65. The molecule has 0 aliphatic carbocycles. The minimum absolute atomic E-state index is 0.297. The van der Waals surface area contributed by atoms with E-state index in [0.29, 0.717) is 22.7 Å². The Morgan fingerprint density at radius 2 is 1.57 bits per heavy atom. The predicted molar refractivity (Wildman–Crippen MR) is 111 cm³/mol. The van der Waals surface area contributed by atoms with Gasteiger partial charge in [-0.2, -0.15) is 0 Å². The van der Waals surface area contributed by atoms with Crippen LogP contribution in [0.5, 0.6) is 5.75 Å². The van der Waals surface area contributed by atoms with Crippen LogP contribution >= 0.6 is 0 Å². The molecule has 2 amide bonds. The van der Waals surface area contributed by atoms with Gasteiger partial charge in [-0.3, -0.25) is 9.59 Å². The molecule has 0 spiro atoms. The van der Waals surface area contributed by atoms with E-state index in [2.05, 4.69) is 10.6 Å². The van der Waals surface area contributed by atoms with Gasteiger partial charge in [-0.25, -0.2) is 0 Å². The number of anilines is 2. The molecular weight excluding hydrogens is 352 g/mol. The van der Waals surface area contributed by atoms with Crippen molar-refractivity contribution in [3.05, 3.63) is 90.0 Å². The molecule has 3 rings (SSSR count). The van der Waals surface area contributed by atoms with Gasteiger partial charge in [-0.05, 0) is 55.8 Å². The number of carbonyl (C=O) groups excluding carboxylic acids is 2. The summed E-state index contributed by atoms with van der Waals surface area (Å²) in [5, 5.41) is 5.61. The molecule has 0 aliphatic heterocycles. The van der Waals surface area contributed by atoms with Gasteiger partial charge in [0.1, 0.15) is 5.75 Å². The van der Waals surface area contributed by atoms with E-state index in [4.69, 9.17) is 4.74 Å². The summed E-state index contributed by atoms with van der Waals surface area (Å²) in [7, 11) is 0. The lowest BCUT2D eigenvalue weighted by atomic mass is 10.1. The number of ether oxygens (including phenoxy) is 1. The average molecular weight is 374 g/mol. The van der Waals surface area contributed by atoms with Crippen LogP contribution in [0.4, 0.5) is 11.4 Å². The highest BCUT2D eigenvalue weighted by Gasteiger charge is 2.18. The summed E-state index contributed by atoms with van der Waals surface area (Å²) in [6.45, 7) is 3.63. The van der Waals surface area contributed by atoms with E-state index in [-0.39, 0.29) is 11.8 Å². The first-order valence-corrected chi connectivity index (χ1v) is 9.02. The standard InChI is InChI=1S/C23H22N2O3/c1-16-9-8-12-19(15-16)28-17(2)22(26)25-21-14-7-6-13-20(21)23(27)24-18-10-4-3-5-11-18/h3-15,17H,1-2H3,(H,24,27)(H,25,26). The highest BCUT2D eigenvalue weighted by Crippen LogP contribution is 2.19. The number of benzene rings is 3. The van der Waals surface area contributed by atoms with Crippen LogP contribution in [0.1, 0.15) is 22.8 Å². The zero-order valence-electron chi connectivity index (χ0n) is 15.8. The van der Waals surface area contributed by atoms with E-state index >= 15 is 0 Å². The second kappa shape index (κ2) is 8.86. The summed E-state index contributed by atoms with van der Waals surface area (Å²) in [6, 6.07) is 23.5. The molecule has 1 unspecified atom stereocenters. The van der Waals surface area contributed by atoms with Crippen molar-refractivity contribution < 1.29 is 14.3 Å². The van der Waals surface area contributed by atoms with Gasteiger partial charge in [0.25, 0.3) is 11.8 Å². The molecule has 0 fully saturated rings. The molecule has 142 valence electrons. The molecule has 5 heteroatoms. The molecule has 3 aromatic carbocycles. The number of aryl methyl sites for hydroxylation is 1. The first-order valence-electron chi connectivity index (χ1n) is 9.02. The lowest BCUT2D eigenvalue weighted by Gasteiger charge is -2.16. The molecule has 5 nitrogen and oxygen atoms in total. The summed E-state index contributed by atoms with van der Waals surface area (Å²) in [6.07, 6.45) is -0.716. The van der Waals surface area contributed by atoms with E-state index in [1.165, 1.54) is 0 Å². The Balaban J connectivity index is 1.70. The average Bonchev–Trinajstić information content (AvgIpc) is 2.69. The summed E-state index contributed by atoms with van der Waals surface area (Å²) in [5.41, 5.74) is 2.54. The molecular formula is C23H22N2O3. The normalized spacial score (nSPS) is 11.4. The molecule has 0 aliphatic rings. The van der Waals surface area contributed by atoms with Gasteiger partial charge in [0.2, 0.25) is 0 Å². The van der Waals surface area contributed by atoms with Crippen molar-refractivity contribution in [1.29, 1.82) is 0 Å². The van der Waals surface area contributed by atoms with Gasteiger partial charge < -0.3 is 15.4 Å².